The normalized spacial score (nSPS) is 18.1. The molecule has 0 saturated carbocycles. The van der Waals surface area contributed by atoms with E-state index in [1.165, 1.54) is 6.08 Å². The molecule has 1 atom stereocenters. The molecule has 1 N–H and O–H groups in total. The van der Waals surface area contributed by atoms with Crippen molar-refractivity contribution in [2.75, 3.05) is 19.8 Å². The molecular weight excluding hydrogens is 334 g/mol. The number of ether oxygens (including phenoxy) is 2. The largest absolute Gasteiger partial charge is 0.493 e. The van der Waals surface area contributed by atoms with E-state index in [9.17, 15) is 4.79 Å². The molecule has 1 aromatic rings. The second kappa shape index (κ2) is 8.20. The first-order valence-corrected chi connectivity index (χ1v) is 7.98. The highest BCUT2D eigenvalue weighted by Crippen LogP contribution is 2.24. The number of amides is 1. The van der Waals surface area contributed by atoms with Crippen LogP contribution < -0.4 is 10.1 Å². The van der Waals surface area contributed by atoms with Crippen LogP contribution in [0.3, 0.4) is 0 Å². The van der Waals surface area contributed by atoms with E-state index < -0.39 is 0 Å². The van der Waals surface area contributed by atoms with E-state index in [2.05, 4.69) is 21.2 Å². The third-order valence-electron chi connectivity index (χ3n) is 3.21. The molecule has 0 aromatic heterocycles. The van der Waals surface area contributed by atoms with Gasteiger partial charge in [-0.05, 0) is 44.0 Å². The van der Waals surface area contributed by atoms with Crippen molar-refractivity contribution in [2.24, 2.45) is 0 Å². The Kier molecular flexibility index (Phi) is 6.26. The lowest BCUT2D eigenvalue weighted by atomic mass is 10.2. The molecule has 1 heterocycles. The van der Waals surface area contributed by atoms with Crippen LogP contribution in [0.25, 0.3) is 6.08 Å². The molecule has 2 rings (SSSR count). The van der Waals surface area contributed by atoms with Crippen LogP contribution in [0.4, 0.5) is 0 Å². The Morgan fingerprint density at radius 3 is 3.14 bits per heavy atom. The Hall–Kier alpha value is -1.33. The molecule has 1 saturated heterocycles. The molecule has 1 fully saturated rings. The van der Waals surface area contributed by atoms with Gasteiger partial charge in [-0.1, -0.05) is 15.9 Å². The summed E-state index contributed by atoms with van der Waals surface area (Å²) in [6.45, 7) is 3.89. The first-order valence-electron chi connectivity index (χ1n) is 7.19. The maximum atomic E-state index is 11.8. The van der Waals surface area contributed by atoms with Crippen molar-refractivity contribution < 1.29 is 14.3 Å². The highest BCUT2D eigenvalue weighted by atomic mass is 79.9. The molecule has 0 bridgehead atoms. The molecule has 114 valence electrons. The second-order valence-corrected chi connectivity index (χ2v) is 5.74. The van der Waals surface area contributed by atoms with Gasteiger partial charge in [0.2, 0.25) is 5.91 Å². The predicted octanol–water partition coefficient (Wildman–Crippen LogP) is 3.16. The van der Waals surface area contributed by atoms with Gasteiger partial charge in [0.25, 0.3) is 0 Å². The smallest absolute Gasteiger partial charge is 0.244 e. The van der Waals surface area contributed by atoms with Gasteiger partial charge in [-0.15, -0.1) is 0 Å². The van der Waals surface area contributed by atoms with Gasteiger partial charge < -0.3 is 14.8 Å². The minimum Gasteiger partial charge on any atom is -0.493 e. The first-order chi connectivity index (χ1) is 10.2. The van der Waals surface area contributed by atoms with Crippen LogP contribution in [0, 0.1) is 0 Å². The molecule has 1 aliphatic heterocycles. The zero-order valence-electron chi connectivity index (χ0n) is 12.1. The van der Waals surface area contributed by atoms with Crippen LogP contribution in [0.15, 0.2) is 28.7 Å². The number of halogens is 1. The van der Waals surface area contributed by atoms with E-state index in [1.54, 1.807) is 6.08 Å². The van der Waals surface area contributed by atoms with E-state index in [-0.39, 0.29) is 12.0 Å². The summed E-state index contributed by atoms with van der Waals surface area (Å²) in [6.07, 6.45) is 5.54. The van der Waals surface area contributed by atoms with Crippen molar-refractivity contribution in [2.45, 2.75) is 25.9 Å². The van der Waals surface area contributed by atoms with Crippen molar-refractivity contribution in [3.63, 3.8) is 0 Å². The highest BCUT2D eigenvalue weighted by Gasteiger charge is 2.15. The van der Waals surface area contributed by atoms with Gasteiger partial charge in [-0.2, -0.15) is 0 Å². The summed E-state index contributed by atoms with van der Waals surface area (Å²) in [7, 11) is 0. The lowest BCUT2D eigenvalue weighted by molar-refractivity contribution is -0.116. The quantitative estimate of drug-likeness (QED) is 0.799. The topological polar surface area (TPSA) is 47.6 Å². The van der Waals surface area contributed by atoms with E-state index in [1.807, 2.05) is 25.1 Å². The van der Waals surface area contributed by atoms with Gasteiger partial charge in [0.05, 0.1) is 12.7 Å². The van der Waals surface area contributed by atoms with Crippen molar-refractivity contribution in [3.8, 4) is 5.75 Å². The summed E-state index contributed by atoms with van der Waals surface area (Å²) in [5, 5.41) is 2.86. The lowest BCUT2D eigenvalue weighted by Gasteiger charge is -2.09. The van der Waals surface area contributed by atoms with Crippen molar-refractivity contribution >= 4 is 27.9 Å². The number of benzene rings is 1. The predicted molar refractivity (Wildman–Crippen MR) is 86.3 cm³/mol. The lowest BCUT2D eigenvalue weighted by Crippen LogP contribution is -2.30. The zero-order valence-corrected chi connectivity index (χ0v) is 13.7. The SMILES string of the molecule is CCOc1ccc(Br)cc1C=CC(=O)NCC1CCCO1. The Balaban J connectivity index is 1.92. The van der Waals surface area contributed by atoms with Gasteiger partial charge in [0, 0.05) is 29.3 Å². The zero-order chi connectivity index (χ0) is 15.1. The van der Waals surface area contributed by atoms with E-state index in [0.717, 1.165) is 35.2 Å². The maximum absolute atomic E-state index is 11.8. The molecule has 1 aromatic carbocycles. The summed E-state index contributed by atoms with van der Waals surface area (Å²) in [5.41, 5.74) is 0.874. The third-order valence-corrected chi connectivity index (χ3v) is 3.71. The Bertz CT molecular complexity index is 510. The minimum absolute atomic E-state index is 0.118. The van der Waals surface area contributed by atoms with E-state index in [4.69, 9.17) is 9.47 Å². The van der Waals surface area contributed by atoms with Gasteiger partial charge >= 0.3 is 0 Å². The molecular formula is C16H20BrNO3. The van der Waals surface area contributed by atoms with Crippen LogP contribution >= 0.6 is 15.9 Å². The molecule has 21 heavy (non-hydrogen) atoms. The number of carbonyl (C=O) groups excluding carboxylic acids is 1. The van der Waals surface area contributed by atoms with E-state index in [0.29, 0.717) is 13.2 Å². The van der Waals surface area contributed by atoms with Gasteiger partial charge in [0.15, 0.2) is 0 Å². The second-order valence-electron chi connectivity index (χ2n) is 4.83. The summed E-state index contributed by atoms with van der Waals surface area (Å²) >= 11 is 3.42. The van der Waals surface area contributed by atoms with Gasteiger partial charge in [-0.3, -0.25) is 4.79 Å². The molecule has 0 spiro atoms. The molecule has 0 radical (unpaired) electrons. The average Bonchev–Trinajstić information content (AvgIpc) is 2.99. The number of rotatable bonds is 6. The summed E-state index contributed by atoms with van der Waals surface area (Å²) in [5.74, 6) is 0.650. The summed E-state index contributed by atoms with van der Waals surface area (Å²) in [4.78, 5) is 11.8. The number of hydrogen-bond acceptors (Lipinski definition) is 3. The third kappa shape index (κ3) is 5.17. The van der Waals surface area contributed by atoms with Crippen LogP contribution in [0.1, 0.15) is 25.3 Å². The Morgan fingerprint density at radius 2 is 2.43 bits per heavy atom. The van der Waals surface area contributed by atoms with E-state index >= 15 is 0 Å². The van der Waals surface area contributed by atoms with Crippen molar-refractivity contribution in [3.05, 3.63) is 34.3 Å². The molecule has 1 aliphatic rings. The first kappa shape index (κ1) is 16.0. The Labute approximate surface area is 133 Å². The fraction of sp³-hybridized carbons (Fsp3) is 0.438. The van der Waals surface area contributed by atoms with Crippen LogP contribution in [0.2, 0.25) is 0 Å². The van der Waals surface area contributed by atoms with Crippen LogP contribution in [0.5, 0.6) is 5.75 Å². The van der Waals surface area contributed by atoms with Gasteiger partial charge in [0.1, 0.15) is 5.75 Å². The van der Waals surface area contributed by atoms with Crippen molar-refractivity contribution in [1.29, 1.82) is 0 Å². The van der Waals surface area contributed by atoms with Crippen molar-refractivity contribution in [1.82, 2.24) is 5.32 Å². The molecule has 0 aliphatic carbocycles. The molecule has 4 nitrogen and oxygen atoms in total. The average molecular weight is 354 g/mol. The summed E-state index contributed by atoms with van der Waals surface area (Å²) in [6, 6.07) is 5.73. The number of nitrogens with one attached hydrogen (secondary N) is 1. The fourth-order valence-electron chi connectivity index (χ4n) is 2.18. The number of hydrogen-bond donors (Lipinski definition) is 1. The molecule has 1 unspecified atom stereocenters. The number of carbonyl (C=O) groups is 1. The van der Waals surface area contributed by atoms with Crippen LogP contribution in [-0.4, -0.2) is 31.8 Å². The molecule has 5 heteroatoms. The minimum atomic E-state index is -0.118. The maximum Gasteiger partial charge on any atom is 0.244 e. The Morgan fingerprint density at radius 1 is 1.57 bits per heavy atom. The standard InChI is InChI=1S/C16H20BrNO3/c1-2-20-15-7-6-13(17)10-12(15)5-8-16(19)18-11-14-4-3-9-21-14/h5-8,10,14H,2-4,9,11H2,1H3,(H,18,19). The highest BCUT2D eigenvalue weighted by molar-refractivity contribution is 9.10. The molecule has 1 amide bonds. The monoisotopic (exact) mass is 353 g/mol. The van der Waals surface area contributed by atoms with Crippen LogP contribution in [-0.2, 0) is 9.53 Å². The summed E-state index contributed by atoms with van der Waals surface area (Å²) < 4.78 is 12.0. The fourth-order valence-corrected chi connectivity index (χ4v) is 2.56. The van der Waals surface area contributed by atoms with Gasteiger partial charge in [-0.25, -0.2) is 0 Å².